The Morgan fingerprint density at radius 2 is 1.92 bits per heavy atom. The van der Waals surface area contributed by atoms with E-state index in [0.29, 0.717) is 37.3 Å². The fourth-order valence-corrected chi connectivity index (χ4v) is 6.39. The number of fused-ring (bicyclic) bond motifs is 3. The number of rotatable bonds is 4. The maximum atomic E-state index is 12.0. The second kappa shape index (κ2) is 6.06. The second-order valence-electron chi connectivity index (χ2n) is 7.45. The summed E-state index contributed by atoms with van der Waals surface area (Å²) in [6.45, 7) is 1.16. The molecule has 4 atom stereocenters. The van der Waals surface area contributed by atoms with Crippen LogP contribution in [-0.4, -0.2) is 39.0 Å². The van der Waals surface area contributed by atoms with Crippen molar-refractivity contribution in [2.75, 3.05) is 24.6 Å². The first-order valence-corrected chi connectivity index (χ1v) is 10.7. The number of hydrogen-bond acceptors (Lipinski definition) is 3. The smallest absolute Gasteiger partial charge is 0.314 e. The number of hydrogen-bond donors (Lipinski definition) is 2. The molecular formula is C18H24N2O3S. The molecule has 5 nitrogen and oxygen atoms in total. The van der Waals surface area contributed by atoms with Crippen LogP contribution in [0.5, 0.6) is 0 Å². The van der Waals surface area contributed by atoms with Gasteiger partial charge in [0.2, 0.25) is 0 Å². The molecule has 2 aliphatic carbocycles. The molecule has 130 valence electrons. The Morgan fingerprint density at radius 1 is 1.12 bits per heavy atom. The Bertz CT molecular complexity index is 746. The maximum absolute atomic E-state index is 12.0. The van der Waals surface area contributed by atoms with Gasteiger partial charge in [-0.3, -0.25) is 0 Å². The van der Waals surface area contributed by atoms with Crippen LogP contribution in [0.1, 0.15) is 29.9 Å². The first-order chi connectivity index (χ1) is 11.5. The molecule has 2 fully saturated rings. The summed E-state index contributed by atoms with van der Waals surface area (Å²) in [5.41, 5.74) is 2.94. The Labute approximate surface area is 143 Å². The quantitative estimate of drug-likeness (QED) is 0.869. The van der Waals surface area contributed by atoms with E-state index in [1.807, 2.05) is 0 Å². The highest BCUT2D eigenvalue weighted by molar-refractivity contribution is 7.91. The maximum Gasteiger partial charge on any atom is 0.314 e. The molecule has 24 heavy (non-hydrogen) atoms. The molecule has 0 spiro atoms. The highest BCUT2D eigenvalue weighted by Crippen LogP contribution is 2.59. The molecule has 4 unspecified atom stereocenters. The van der Waals surface area contributed by atoms with Crippen molar-refractivity contribution < 1.29 is 13.2 Å². The van der Waals surface area contributed by atoms with Crippen molar-refractivity contribution in [1.82, 2.24) is 10.6 Å². The predicted octanol–water partition coefficient (Wildman–Crippen LogP) is 1.70. The van der Waals surface area contributed by atoms with Crippen LogP contribution in [0, 0.1) is 17.8 Å². The van der Waals surface area contributed by atoms with Crippen LogP contribution in [0.3, 0.4) is 0 Å². The van der Waals surface area contributed by atoms with E-state index in [0.717, 1.165) is 6.42 Å². The van der Waals surface area contributed by atoms with Gasteiger partial charge in [0.1, 0.15) is 0 Å². The van der Waals surface area contributed by atoms with Crippen LogP contribution in [0.15, 0.2) is 24.3 Å². The van der Waals surface area contributed by atoms with Gasteiger partial charge >= 0.3 is 6.03 Å². The summed E-state index contributed by atoms with van der Waals surface area (Å²) in [4.78, 5) is 12.0. The molecule has 1 aromatic rings. The van der Waals surface area contributed by atoms with Gasteiger partial charge in [-0.05, 0) is 54.1 Å². The summed E-state index contributed by atoms with van der Waals surface area (Å²) in [5.74, 6) is 2.39. The molecule has 1 heterocycles. The van der Waals surface area contributed by atoms with Gasteiger partial charge < -0.3 is 10.6 Å². The molecule has 0 aromatic heterocycles. The summed E-state index contributed by atoms with van der Waals surface area (Å²) in [6.07, 6.45) is 3.03. The van der Waals surface area contributed by atoms with Gasteiger partial charge in [-0.25, -0.2) is 13.2 Å². The first-order valence-electron chi connectivity index (χ1n) is 8.83. The van der Waals surface area contributed by atoms with Gasteiger partial charge in [-0.15, -0.1) is 0 Å². The van der Waals surface area contributed by atoms with Gasteiger partial charge in [0, 0.05) is 13.1 Å². The molecule has 0 bridgehead atoms. The molecule has 3 aliphatic rings. The van der Waals surface area contributed by atoms with Gasteiger partial charge in [0.15, 0.2) is 9.84 Å². The fourth-order valence-electron chi connectivity index (χ4n) is 4.53. The van der Waals surface area contributed by atoms with Crippen molar-refractivity contribution in [3.8, 4) is 0 Å². The molecule has 1 aliphatic heterocycles. The third kappa shape index (κ3) is 3.16. The first kappa shape index (κ1) is 15.9. The average Bonchev–Trinajstić information content (AvgIpc) is 3.18. The van der Waals surface area contributed by atoms with E-state index in [9.17, 15) is 13.2 Å². The van der Waals surface area contributed by atoms with E-state index in [4.69, 9.17) is 0 Å². The van der Waals surface area contributed by atoms with E-state index in [-0.39, 0.29) is 23.5 Å². The largest absolute Gasteiger partial charge is 0.338 e. The summed E-state index contributed by atoms with van der Waals surface area (Å²) < 4.78 is 22.9. The second-order valence-corrected chi connectivity index (χ2v) is 9.68. The lowest BCUT2D eigenvalue weighted by molar-refractivity contribution is 0.238. The van der Waals surface area contributed by atoms with Crippen LogP contribution in [0.4, 0.5) is 4.79 Å². The minimum absolute atomic E-state index is 0.0659. The predicted molar refractivity (Wildman–Crippen MR) is 92.6 cm³/mol. The van der Waals surface area contributed by atoms with E-state index in [2.05, 4.69) is 34.9 Å². The van der Waals surface area contributed by atoms with Gasteiger partial charge in [-0.2, -0.15) is 0 Å². The number of carbonyl (C=O) groups is 1. The Kier molecular flexibility index (Phi) is 4.03. The zero-order valence-electron chi connectivity index (χ0n) is 13.7. The van der Waals surface area contributed by atoms with Crippen molar-refractivity contribution in [2.24, 2.45) is 17.8 Å². The Morgan fingerprint density at radius 3 is 2.71 bits per heavy atom. The van der Waals surface area contributed by atoms with Crippen LogP contribution >= 0.6 is 0 Å². The monoisotopic (exact) mass is 348 g/mol. The number of urea groups is 1. The molecule has 6 heteroatoms. The van der Waals surface area contributed by atoms with Crippen LogP contribution in [0.2, 0.25) is 0 Å². The lowest BCUT2D eigenvalue weighted by atomic mass is 9.92. The van der Waals surface area contributed by atoms with Crippen molar-refractivity contribution in [1.29, 1.82) is 0 Å². The highest BCUT2D eigenvalue weighted by Gasteiger charge is 2.52. The minimum atomic E-state index is -2.87. The topological polar surface area (TPSA) is 75.3 Å². The van der Waals surface area contributed by atoms with E-state index < -0.39 is 9.84 Å². The minimum Gasteiger partial charge on any atom is -0.338 e. The van der Waals surface area contributed by atoms with E-state index >= 15 is 0 Å². The zero-order valence-corrected chi connectivity index (χ0v) is 14.5. The lowest BCUT2D eigenvalue weighted by Gasteiger charge is -2.13. The fraction of sp³-hybridized carbons (Fsp3) is 0.611. The Balaban J connectivity index is 1.23. The van der Waals surface area contributed by atoms with E-state index in [1.165, 1.54) is 17.5 Å². The van der Waals surface area contributed by atoms with Gasteiger partial charge in [0.25, 0.3) is 0 Å². The van der Waals surface area contributed by atoms with Gasteiger partial charge in [-0.1, -0.05) is 24.3 Å². The molecule has 4 rings (SSSR count). The van der Waals surface area contributed by atoms with Crippen LogP contribution in [0.25, 0.3) is 0 Å². The molecular weight excluding hydrogens is 324 g/mol. The van der Waals surface area contributed by atoms with E-state index in [1.54, 1.807) is 0 Å². The third-order valence-electron chi connectivity index (χ3n) is 5.87. The Hall–Kier alpha value is -1.56. The molecule has 1 aromatic carbocycles. The summed E-state index contributed by atoms with van der Waals surface area (Å²) in [5, 5.41) is 5.81. The standard InChI is InChI=1S/C18H24N2O3S/c21-18(19-9-12-7-8-24(22,23)11-12)20-10-16-15-6-5-13-3-1-2-4-14(13)17(15)16/h1-4,12,15-17H,5-11H2,(H2,19,20,21). The van der Waals surface area contributed by atoms with Crippen LogP contribution < -0.4 is 10.6 Å². The summed E-state index contributed by atoms with van der Waals surface area (Å²) in [7, 11) is -2.87. The van der Waals surface area contributed by atoms with Crippen molar-refractivity contribution >= 4 is 15.9 Å². The third-order valence-corrected chi connectivity index (χ3v) is 7.71. The SMILES string of the molecule is O=C(NCC1CCS(=O)(=O)C1)NCC1C2CCc3ccccc3C21. The van der Waals surface area contributed by atoms with Crippen molar-refractivity contribution in [3.63, 3.8) is 0 Å². The molecule has 1 saturated carbocycles. The normalized spacial score (nSPS) is 32.5. The number of sulfone groups is 1. The molecule has 0 radical (unpaired) electrons. The summed E-state index contributed by atoms with van der Waals surface area (Å²) >= 11 is 0. The van der Waals surface area contributed by atoms with Gasteiger partial charge in [0.05, 0.1) is 11.5 Å². The van der Waals surface area contributed by atoms with Crippen molar-refractivity contribution in [2.45, 2.75) is 25.2 Å². The molecule has 2 N–H and O–H groups in total. The highest BCUT2D eigenvalue weighted by atomic mass is 32.2. The zero-order chi connectivity index (χ0) is 16.7. The summed E-state index contributed by atoms with van der Waals surface area (Å²) in [6, 6.07) is 8.48. The lowest BCUT2D eigenvalue weighted by Crippen LogP contribution is -2.39. The average molecular weight is 348 g/mol. The number of carbonyl (C=O) groups excluding carboxylic acids is 1. The van der Waals surface area contributed by atoms with Crippen LogP contribution in [-0.2, 0) is 16.3 Å². The number of amides is 2. The number of benzene rings is 1. The number of aryl methyl sites for hydroxylation is 1. The molecule has 1 saturated heterocycles. The molecule has 2 amide bonds. The van der Waals surface area contributed by atoms with Crippen molar-refractivity contribution in [3.05, 3.63) is 35.4 Å². The number of nitrogens with one attached hydrogen (secondary N) is 2.